The number of halogens is 2. The molecule has 0 amide bonds. The molecule has 6 nitrogen and oxygen atoms in total. The van der Waals surface area contributed by atoms with E-state index in [2.05, 4.69) is 4.98 Å². The second-order valence-corrected chi connectivity index (χ2v) is 9.68. The molecule has 4 rings (SSSR count). The number of aliphatic hydroxyl groups is 2. The van der Waals surface area contributed by atoms with Crippen LogP contribution in [0, 0.1) is 5.82 Å². The second-order valence-electron chi connectivity index (χ2n) is 8.28. The first-order valence-corrected chi connectivity index (χ1v) is 11.9. The van der Waals surface area contributed by atoms with Crippen LogP contribution in [0.1, 0.15) is 25.1 Å². The van der Waals surface area contributed by atoms with Crippen LogP contribution in [0.4, 0.5) is 4.39 Å². The van der Waals surface area contributed by atoms with Gasteiger partial charge in [0.25, 0.3) is 0 Å². The Balaban J connectivity index is 1.82. The third-order valence-corrected chi connectivity index (χ3v) is 6.57. The second kappa shape index (κ2) is 9.31. The van der Waals surface area contributed by atoms with Crippen LogP contribution in [0.3, 0.4) is 0 Å². The normalized spacial score (nSPS) is 11.9. The smallest absolute Gasteiger partial charge is 0.168 e. The highest BCUT2D eigenvalue weighted by Crippen LogP contribution is 2.34. The molecule has 34 heavy (non-hydrogen) atoms. The largest absolute Gasteiger partial charge is 0.392 e. The van der Waals surface area contributed by atoms with Gasteiger partial charge in [-0.3, -0.25) is 4.57 Å². The number of rotatable bonds is 6. The highest BCUT2D eigenvalue weighted by molar-refractivity contribution is 7.72. The Kier molecular flexibility index (Phi) is 6.60. The van der Waals surface area contributed by atoms with Crippen molar-refractivity contribution in [2.45, 2.75) is 31.0 Å². The lowest BCUT2D eigenvalue weighted by Gasteiger charge is -2.13. The van der Waals surface area contributed by atoms with E-state index >= 15 is 0 Å². The monoisotopic (exact) mass is 500 g/mol. The lowest BCUT2D eigenvalue weighted by molar-refractivity contribution is 0.0743. The number of aromatic nitrogens is 2. The van der Waals surface area contributed by atoms with Crippen molar-refractivity contribution in [3.05, 3.63) is 89.0 Å². The number of thiol groups is 1. The number of aliphatic hydroxyl groups excluding tert-OH is 1. The molecule has 0 saturated heterocycles. The van der Waals surface area contributed by atoms with Crippen molar-refractivity contribution in [1.82, 2.24) is 9.55 Å². The van der Waals surface area contributed by atoms with Crippen molar-refractivity contribution in [3.8, 4) is 28.2 Å². The Morgan fingerprint density at radius 1 is 1.06 bits per heavy atom. The van der Waals surface area contributed by atoms with Gasteiger partial charge in [0.15, 0.2) is 10.7 Å². The fourth-order valence-corrected chi connectivity index (χ4v) is 4.49. The molecule has 1 aromatic heterocycles. The fraction of sp³-hybridized carbons (Fsp3) is 0.160. The van der Waals surface area contributed by atoms with Crippen LogP contribution >= 0.6 is 11.6 Å². The van der Waals surface area contributed by atoms with Gasteiger partial charge in [0.2, 0.25) is 0 Å². The molecule has 0 aliphatic carbocycles. The average Bonchev–Trinajstić information content (AvgIpc) is 3.24. The molecule has 0 unspecified atom stereocenters. The molecule has 176 valence electrons. The molecule has 0 aliphatic heterocycles. The molecule has 0 radical (unpaired) electrons. The van der Waals surface area contributed by atoms with E-state index in [9.17, 15) is 23.0 Å². The van der Waals surface area contributed by atoms with E-state index < -0.39 is 22.1 Å². The zero-order chi connectivity index (χ0) is 24.6. The lowest BCUT2D eigenvalue weighted by atomic mass is 10.0. The van der Waals surface area contributed by atoms with Gasteiger partial charge in [-0.1, -0.05) is 41.9 Å². The quantitative estimate of drug-likeness (QED) is 0.334. The summed E-state index contributed by atoms with van der Waals surface area (Å²) < 4.78 is 39.5. The maximum Gasteiger partial charge on any atom is 0.168 e. The van der Waals surface area contributed by atoms with Crippen molar-refractivity contribution in [2.75, 3.05) is 0 Å². The van der Waals surface area contributed by atoms with Crippen LogP contribution in [0.25, 0.3) is 28.2 Å². The van der Waals surface area contributed by atoms with Gasteiger partial charge in [0.05, 0.1) is 27.8 Å². The summed E-state index contributed by atoms with van der Waals surface area (Å²) in [7, 11) is -2.86. The van der Waals surface area contributed by atoms with Crippen LogP contribution in [0.15, 0.2) is 71.8 Å². The molecule has 4 aromatic rings. The molecule has 2 N–H and O–H groups in total. The molecule has 0 aliphatic rings. The number of hydrogen-bond acceptors (Lipinski definition) is 5. The highest BCUT2D eigenvalue weighted by atomic mass is 35.5. The van der Waals surface area contributed by atoms with Crippen molar-refractivity contribution in [3.63, 3.8) is 0 Å². The van der Waals surface area contributed by atoms with E-state index in [0.717, 1.165) is 5.56 Å². The molecule has 0 spiro atoms. The Morgan fingerprint density at radius 3 is 2.32 bits per heavy atom. The number of imidazole rings is 1. The van der Waals surface area contributed by atoms with Gasteiger partial charge in [0, 0.05) is 11.9 Å². The first-order chi connectivity index (χ1) is 16.1. The molecule has 0 bridgehead atoms. The van der Waals surface area contributed by atoms with Gasteiger partial charge in [-0.05, 0) is 60.9 Å². The first kappa shape index (κ1) is 24.1. The minimum Gasteiger partial charge on any atom is -0.392 e. The van der Waals surface area contributed by atoms with Crippen molar-refractivity contribution in [2.24, 2.45) is 0 Å². The van der Waals surface area contributed by atoms with E-state index in [-0.39, 0.29) is 27.9 Å². The molecular formula is C25H22ClFN2O4S. The molecule has 3 aromatic carbocycles. The van der Waals surface area contributed by atoms with Gasteiger partial charge in [-0.15, -0.1) is 0 Å². The maximum absolute atomic E-state index is 14.7. The predicted molar refractivity (Wildman–Crippen MR) is 129 cm³/mol. The van der Waals surface area contributed by atoms with Crippen LogP contribution in [-0.4, -0.2) is 28.2 Å². The lowest BCUT2D eigenvalue weighted by Crippen LogP contribution is -2.15. The van der Waals surface area contributed by atoms with Gasteiger partial charge >= 0.3 is 0 Å². The third-order valence-electron chi connectivity index (χ3n) is 5.45. The van der Waals surface area contributed by atoms with Gasteiger partial charge < -0.3 is 10.2 Å². The predicted octanol–water partition coefficient (Wildman–Crippen LogP) is 4.69. The summed E-state index contributed by atoms with van der Waals surface area (Å²) in [6.07, 6.45) is 1.63. The Hall–Kier alpha value is -3.04. The van der Waals surface area contributed by atoms with E-state index in [1.54, 1.807) is 67.1 Å². The summed E-state index contributed by atoms with van der Waals surface area (Å²) in [6.45, 7) is 2.80. The summed E-state index contributed by atoms with van der Waals surface area (Å²) in [5.41, 5.74) is 1.58. The highest BCUT2D eigenvalue weighted by Gasteiger charge is 2.25. The van der Waals surface area contributed by atoms with E-state index in [1.807, 2.05) is 0 Å². The van der Waals surface area contributed by atoms with Gasteiger partial charge in [-0.2, -0.15) is 0 Å². The van der Waals surface area contributed by atoms with E-state index in [1.165, 1.54) is 18.2 Å². The van der Waals surface area contributed by atoms with Crippen molar-refractivity contribution in [1.29, 1.82) is 0 Å². The fourth-order valence-electron chi connectivity index (χ4n) is 3.62. The Bertz CT molecular complexity index is 1410. The number of nitrogens with zero attached hydrogens (tertiary/aromatic N) is 2. The zero-order valence-corrected chi connectivity index (χ0v) is 20.0. The Labute approximate surface area is 202 Å². The number of benzene rings is 3. The maximum atomic E-state index is 14.7. The summed E-state index contributed by atoms with van der Waals surface area (Å²) in [5.74, 6) is -0.299. The average molecular weight is 501 g/mol. The van der Waals surface area contributed by atoms with Crippen molar-refractivity contribution >= 4 is 22.3 Å². The molecule has 0 saturated carbocycles. The number of hydrogen-bond donors (Lipinski definition) is 3. The van der Waals surface area contributed by atoms with Crippen LogP contribution in [0.5, 0.6) is 0 Å². The standard InChI is InChI=1S/C25H22ClFN2O4S/c1-25(2,31)22-13-29(24(28-22)23-19(26)4-3-5-20(23)27)18-10-8-15(9-11-18)16-6-7-17(14-30)21(12-16)34(32)33/h3-13,30-31,34H,14H2,1-2H3. The molecule has 0 fully saturated rings. The summed E-state index contributed by atoms with van der Waals surface area (Å²) in [5, 5.41) is 20.1. The van der Waals surface area contributed by atoms with E-state index in [0.29, 0.717) is 22.5 Å². The third kappa shape index (κ3) is 4.63. The summed E-state index contributed by atoms with van der Waals surface area (Å²) in [4.78, 5) is 4.55. The molecule has 9 heteroatoms. The zero-order valence-electron chi connectivity index (χ0n) is 18.4. The minimum atomic E-state index is -2.86. The molecule has 0 atom stereocenters. The van der Waals surface area contributed by atoms with E-state index in [4.69, 9.17) is 11.6 Å². The Morgan fingerprint density at radius 2 is 1.74 bits per heavy atom. The summed E-state index contributed by atoms with van der Waals surface area (Å²) >= 11 is 6.29. The topological polar surface area (TPSA) is 92.4 Å². The minimum absolute atomic E-state index is 0.0694. The molecular weight excluding hydrogens is 479 g/mol. The first-order valence-electron chi connectivity index (χ1n) is 10.4. The van der Waals surface area contributed by atoms with Gasteiger partial charge in [-0.25, -0.2) is 17.8 Å². The van der Waals surface area contributed by atoms with Crippen LogP contribution in [0.2, 0.25) is 5.02 Å². The van der Waals surface area contributed by atoms with Gasteiger partial charge in [0.1, 0.15) is 17.2 Å². The van der Waals surface area contributed by atoms with Crippen LogP contribution < -0.4 is 0 Å². The molecule has 1 heterocycles. The van der Waals surface area contributed by atoms with Crippen molar-refractivity contribution < 1.29 is 23.0 Å². The van der Waals surface area contributed by atoms with Crippen LogP contribution in [-0.2, 0) is 22.9 Å². The SMILES string of the molecule is CC(C)(O)c1cn(-c2ccc(-c3ccc(CO)c([SH](=O)=O)c3)cc2)c(-c2c(F)cccc2Cl)n1. The summed E-state index contributed by atoms with van der Waals surface area (Å²) in [6, 6.07) is 16.3.